The summed E-state index contributed by atoms with van der Waals surface area (Å²) in [5.41, 5.74) is 1.47. The maximum absolute atomic E-state index is 13.6. The van der Waals surface area contributed by atoms with E-state index in [1.165, 1.54) is 6.07 Å². The van der Waals surface area contributed by atoms with E-state index in [-0.39, 0.29) is 30.7 Å². The van der Waals surface area contributed by atoms with Crippen molar-refractivity contribution in [3.8, 4) is 0 Å². The molecule has 0 fully saturated rings. The van der Waals surface area contributed by atoms with E-state index < -0.39 is 11.7 Å². The molecule has 2 amide bonds. The van der Waals surface area contributed by atoms with Crippen molar-refractivity contribution in [3.63, 3.8) is 0 Å². The van der Waals surface area contributed by atoms with Gasteiger partial charge in [-0.25, -0.2) is 0 Å². The number of benzene rings is 2. The molecule has 0 saturated carbocycles. The number of anilines is 2. The maximum Gasteiger partial charge on any atom is 0.416 e. The number of alkyl halides is 3. The van der Waals surface area contributed by atoms with Crippen LogP contribution in [0.5, 0.6) is 0 Å². The summed E-state index contributed by atoms with van der Waals surface area (Å²) in [7, 11) is 1.70. The number of hydrogen-bond donors (Lipinski definition) is 0. The number of carbonyl (C=O) groups is 2. The lowest BCUT2D eigenvalue weighted by atomic mass is 10.1. The maximum atomic E-state index is 13.6. The molecule has 41 heavy (non-hydrogen) atoms. The fourth-order valence-electron chi connectivity index (χ4n) is 5.24. The lowest BCUT2D eigenvalue weighted by Crippen LogP contribution is -2.40. The highest BCUT2D eigenvalue weighted by Crippen LogP contribution is 2.31. The zero-order chi connectivity index (χ0) is 30.2. The SMILES string of the molecule is CC(C)CC(=O)N1CCCN(CC(C)C)CCN(C(=O)CCN(C)c2cccc(C(F)(F)F)c2)Cc2ccccc21. The van der Waals surface area contributed by atoms with Crippen LogP contribution in [0.25, 0.3) is 0 Å². The van der Waals surface area contributed by atoms with Crippen molar-refractivity contribution in [3.05, 3.63) is 59.7 Å². The Bertz CT molecular complexity index is 1150. The second kappa shape index (κ2) is 14.7. The zero-order valence-corrected chi connectivity index (χ0v) is 25.1. The van der Waals surface area contributed by atoms with Gasteiger partial charge < -0.3 is 19.6 Å². The van der Waals surface area contributed by atoms with E-state index in [9.17, 15) is 22.8 Å². The van der Waals surface area contributed by atoms with Crippen molar-refractivity contribution in [2.75, 3.05) is 56.1 Å². The van der Waals surface area contributed by atoms with Crippen LogP contribution in [-0.4, -0.2) is 67.9 Å². The lowest BCUT2D eigenvalue weighted by Gasteiger charge is -2.29. The van der Waals surface area contributed by atoms with Gasteiger partial charge in [-0.2, -0.15) is 13.2 Å². The van der Waals surface area contributed by atoms with Gasteiger partial charge in [-0.3, -0.25) is 9.59 Å². The molecule has 0 saturated heterocycles. The summed E-state index contributed by atoms with van der Waals surface area (Å²) in [4.78, 5) is 34.7. The third-order valence-electron chi connectivity index (χ3n) is 7.32. The predicted molar refractivity (Wildman–Crippen MR) is 159 cm³/mol. The molecular formula is C32H45F3N4O2. The van der Waals surface area contributed by atoms with Crippen LogP contribution in [-0.2, 0) is 22.3 Å². The largest absolute Gasteiger partial charge is 0.416 e. The average molecular weight is 575 g/mol. The molecule has 9 heteroatoms. The van der Waals surface area contributed by atoms with Gasteiger partial charge in [-0.1, -0.05) is 52.0 Å². The van der Waals surface area contributed by atoms with Gasteiger partial charge in [0.05, 0.1) is 5.56 Å². The second-order valence-corrected chi connectivity index (χ2v) is 11.9. The number of para-hydroxylation sites is 1. The van der Waals surface area contributed by atoms with Crippen LogP contribution in [0.3, 0.4) is 0 Å². The molecule has 3 rings (SSSR count). The molecule has 2 aromatic rings. The average Bonchev–Trinajstić information content (AvgIpc) is 2.93. The lowest BCUT2D eigenvalue weighted by molar-refractivity contribution is -0.137. The van der Waals surface area contributed by atoms with Gasteiger partial charge in [0.1, 0.15) is 0 Å². The summed E-state index contributed by atoms with van der Waals surface area (Å²) in [6.45, 7) is 12.7. The van der Waals surface area contributed by atoms with Gasteiger partial charge in [-0.15, -0.1) is 0 Å². The van der Waals surface area contributed by atoms with Crippen molar-refractivity contribution in [1.29, 1.82) is 0 Å². The topological polar surface area (TPSA) is 47.1 Å². The van der Waals surface area contributed by atoms with Gasteiger partial charge in [0.15, 0.2) is 0 Å². The standard InChI is InChI=1S/C32H45F3N4O2/c1-24(2)20-31(41)39-16-9-15-37(22-25(3)4)18-19-38(23-26-10-6-7-13-29(26)39)30(40)14-17-36(5)28-12-8-11-27(21-28)32(33,34)35/h6-8,10-13,21,24-25H,9,14-20,22-23H2,1-5H3. The van der Waals surface area contributed by atoms with E-state index >= 15 is 0 Å². The summed E-state index contributed by atoms with van der Waals surface area (Å²) in [5, 5.41) is 0. The summed E-state index contributed by atoms with van der Waals surface area (Å²) in [6.07, 6.45) is -2.98. The molecule has 0 N–H and O–H groups in total. The summed E-state index contributed by atoms with van der Waals surface area (Å²) < 4.78 is 39.6. The summed E-state index contributed by atoms with van der Waals surface area (Å²) >= 11 is 0. The molecular weight excluding hydrogens is 529 g/mol. The molecule has 0 aromatic heterocycles. The van der Waals surface area contributed by atoms with Crippen LogP contribution in [0, 0.1) is 11.8 Å². The van der Waals surface area contributed by atoms with E-state index in [2.05, 4.69) is 18.7 Å². The Hall–Kier alpha value is -3.07. The second-order valence-electron chi connectivity index (χ2n) is 11.9. The fraction of sp³-hybridized carbons (Fsp3) is 0.562. The van der Waals surface area contributed by atoms with Crippen LogP contribution < -0.4 is 9.80 Å². The molecule has 6 nitrogen and oxygen atoms in total. The van der Waals surface area contributed by atoms with Crippen LogP contribution in [0.4, 0.5) is 24.5 Å². The molecule has 1 heterocycles. The highest BCUT2D eigenvalue weighted by molar-refractivity contribution is 5.94. The van der Waals surface area contributed by atoms with Crippen LogP contribution in [0.15, 0.2) is 48.5 Å². The number of nitrogens with zero attached hydrogens (tertiary/aromatic N) is 4. The van der Waals surface area contributed by atoms with E-state index in [1.54, 1.807) is 18.0 Å². The number of carbonyl (C=O) groups excluding carboxylic acids is 2. The van der Waals surface area contributed by atoms with Crippen molar-refractivity contribution < 1.29 is 22.8 Å². The Morgan fingerprint density at radius 1 is 0.902 bits per heavy atom. The molecule has 1 aliphatic rings. The van der Waals surface area contributed by atoms with Crippen molar-refractivity contribution >= 4 is 23.2 Å². The minimum Gasteiger partial charge on any atom is -0.374 e. The summed E-state index contributed by atoms with van der Waals surface area (Å²) in [6, 6.07) is 13.0. The van der Waals surface area contributed by atoms with Gasteiger partial charge >= 0.3 is 6.18 Å². The van der Waals surface area contributed by atoms with Gasteiger partial charge in [0.25, 0.3) is 0 Å². The fourth-order valence-corrected chi connectivity index (χ4v) is 5.24. The quantitative estimate of drug-likeness (QED) is 0.371. The van der Waals surface area contributed by atoms with Gasteiger partial charge in [0.2, 0.25) is 11.8 Å². The highest BCUT2D eigenvalue weighted by atomic mass is 19.4. The molecule has 0 bridgehead atoms. The Kier molecular flexibility index (Phi) is 11.6. The Morgan fingerprint density at radius 3 is 2.32 bits per heavy atom. The third-order valence-corrected chi connectivity index (χ3v) is 7.32. The summed E-state index contributed by atoms with van der Waals surface area (Å²) in [5.74, 6) is 0.712. The minimum absolute atomic E-state index is 0.0672. The number of rotatable bonds is 8. The molecule has 0 unspecified atom stereocenters. The van der Waals surface area contributed by atoms with Gasteiger partial charge in [0, 0.05) is 70.5 Å². The normalized spacial score (nSPS) is 15.6. The first-order valence-corrected chi connectivity index (χ1v) is 14.6. The van der Waals surface area contributed by atoms with Crippen molar-refractivity contribution in [2.45, 2.75) is 59.7 Å². The first-order valence-electron chi connectivity index (χ1n) is 14.6. The van der Waals surface area contributed by atoms with E-state index in [0.717, 1.165) is 49.4 Å². The highest BCUT2D eigenvalue weighted by Gasteiger charge is 2.31. The smallest absolute Gasteiger partial charge is 0.374 e. The van der Waals surface area contributed by atoms with Crippen LogP contribution in [0.2, 0.25) is 0 Å². The number of hydrogen-bond acceptors (Lipinski definition) is 4. The minimum atomic E-state index is -4.42. The number of fused-ring (bicyclic) bond motifs is 1. The molecule has 1 aliphatic heterocycles. The van der Waals surface area contributed by atoms with E-state index in [1.807, 2.05) is 47.9 Å². The molecule has 0 radical (unpaired) electrons. The number of halogens is 3. The van der Waals surface area contributed by atoms with E-state index in [4.69, 9.17) is 0 Å². The molecule has 0 spiro atoms. The molecule has 0 aliphatic carbocycles. The Morgan fingerprint density at radius 2 is 1.63 bits per heavy atom. The number of amides is 2. The van der Waals surface area contributed by atoms with E-state index in [0.29, 0.717) is 37.7 Å². The predicted octanol–water partition coefficient (Wildman–Crippen LogP) is 6.30. The molecule has 2 aromatic carbocycles. The van der Waals surface area contributed by atoms with Crippen LogP contribution >= 0.6 is 0 Å². The first kappa shape index (κ1) is 32.4. The molecule has 226 valence electrons. The monoisotopic (exact) mass is 574 g/mol. The van der Waals surface area contributed by atoms with Crippen LogP contribution in [0.1, 0.15) is 58.1 Å². The Labute approximate surface area is 243 Å². The van der Waals surface area contributed by atoms with Gasteiger partial charge in [-0.05, 0) is 54.6 Å². The van der Waals surface area contributed by atoms with Crippen molar-refractivity contribution in [2.24, 2.45) is 11.8 Å². The third kappa shape index (κ3) is 9.76. The van der Waals surface area contributed by atoms with Crippen molar-refractivity contribution in [1.82, 2.24) is 9.80 Å². The first-order chi connectivity index (χ1) is 19.3. The molecule has 0 atom stereocenters. The zero-order valence-electron chi connectivity index (χ0n) is 25.1. The Balaban J connectivity index is 1.83.